The van der Waals surface area contributed by atoms with E-state index in [4.69, 9.17) is 4.98 Å². The Bertz CT molecular complexity index is 1050. The summed E-state index contributed by atoms with van der Waals surface area (Å²) in [6.45, 7) is 1.96. The normalized spacial score (nSPS) is 11.0. The van der Waals surface area contributed by atoms with Gasteiger partial charge in [0, 0.05) is 22.2 Å². The molecule has 1 heterocycles. The number of hydrogen-bond donors (Lipinski definition) is 0. The Kier molecular flexibility index (Phi) is 3.77. The van der Waals surface area contributed by atoms with Crippen LogP contribution >= 0.6 is 0 Å². The second kappa shape index (κ2) is 6.10. The Hall–Kier alpha value is -3.07. The van der Waals surface area contributed by atoms with E-state index >= 15 is 0 Å². The number of halogens is 2. The van der Waals surface area contributed by atoms with E-state index in [1.54, 1.807) is 24.3 Å². The lowest BCUT2D eigenvalue weighted by Crippen LogP contribution is -1.95. The number of nitrogens with zero attached hydrogens (tertiary/aromatic N) is 1. The number of rotatable bonds is 2. The minimum Gasteiger partial charge on any atom is -0.252 e. The van der Waals surface area contributed by atoms with E-state index in [0.717, 1.165) is 38.9 Å². The highest BCUT2D eigenvalue weighted by atomic mass is 19.1. The van der Waals surface area contributed by atoms with Gasteiger partial charge in [-0.05, 0) is 54.3 Å². The Morgan fingerprint density at radius 3 is 1.76 bits per heavy atom. The largest absolute Gasteiger partial charge is 0.252 e. The summed E-state index contributed by atoms with van der Waals surface area (Å²) in [5.74, 6) is -0.568. The van der Waals surface area contributed by atoms with Crippen LogP contribution in [0.15, 0.2) is 72.8 Å². The predicted octanol–water partition coefficient (Wildman–Crippen LogP) is 6.16. The number of hydrogen-bond acceptors (Lipinski definition) is 1. The quantitative estimate of drug-likeness (QED) is 0.429. The van der Waals surface area contributed by atoms with Gasteiger partial charge in [-0.1, -0.05) is 36.4 Å². The molecule has 0 aliphatic carbocycles. The molecule has 1 aromatic heterocycles. The third-order valence-electron chi connectivity index (χ3n) is 4.35. The van der Waals surface area contributed by atoms with Gasteiger partial charge in [-0.3, -0.25) is 4.98 Å². The van der Waals surface area contributed by atoms with Gasteiger partial charge in [0.1, 0.15) is 11.6 Å². The van der Waals surface area contributed by atoms with E-state index in [2.05, 4.69) is 0 Å². The number of aryl methyl sites for hydroxylation is 1. The molecule has 0 unspecified atom stereocenters. The van der Waals surface area contributed by atoms with Crippen molar-refractivity contribution in [3.8, 4) is 22.4 Å². The SMILES string of the molecule is Cc1nc(-c2ccc(F)cc2)c(-c2ccc(F)cc2)c2ccccc12. The molecule has 1 nitrogen and oxygen atoms in total. The maximum atomic E-state index is 13.4. The molecule has 4 aromatic rings. The van der Waals surface area contributed by atoms with Gasteiger partial charge in [0.2, 0.25) is 0 Å². The third-order valence-corrected chi connectivity index (χ3v) is 4.35. The monoisotopic (exact) mass is 331 g/mol. The summed E-state index contributed by atoms with van der Waals surface area (Å²) < 4.78 is 26.7. The van der Waals surface area contributed by atoms with Crippen LogP contribution in [-0.2, 0) is 0 Å². The van der Waals surface area contributed by atoms with E-state index in [1.807, 2.05) is 31.2 Å². The molecular weight excluding hydrogens is 316 g/mol. The molecule has 122 valence electrons. The van der Waals surface area contributed by atoms with Gasteiger partial charge >= 0.3 is 0 Å². The van der Waals surface area contributed by atoms with Crippen molar-refractivity contribution < 1.29 is 8.78 Å². The van der Waals surface area contributed by atoms with Crippen molar-refractivity contribution >= 4 is 10.8 Å². The smallest absolute Gasteiger partial charge is 0.123 e. The van der Waals surface area contributed by atoms with Crippen molar-refractivity contribution in [1.82, 2.24) is 4.98 Å². The van der Waals surface area contributed by atoms with Gasteiger partial charge in [0.25, 0.3) is 0 Å². The van der Waals surface area contributed by atoms with Crippen LogP contribution in [0.1, 0.15) is 5.69 Å². The fourth-order valence-corrected chi connectivity index (χ4v) is 3.15. The van der Waals surface area contributed by atoms with Crippen LogP contribution in [-0.4, -0.2) is 4.98 Å². The lowest BCUT2D eigenvalue weighted by molar-refractivity contribution is 0.627. The fourth-order valence-electron chi connectivity index (χ4n) is 3.15. The first-order valence-electron chi connectivity index (χ1n) is 8.05. The van der Waals surface area contributed by atoms with Crippen molar-refractivity contribution in [2.75, 3.05) is 0 Å². The number of fused-ring (bicyclic) bond motifs is 1. The Morgan fingerprint density at radius 2 is 1.16 bits per heavy atom. The third kappa shape index (κ3) is 2.78. The summed E-state index contributed by atoms with van der Waals surface area (Å²) in [4.78, 5) is 4.78. The first kappa shape index (κ1) is 15.5. The molecule has 0 saturated heterocycles. The highest BCUT2D eigenvalue weighted by Crippen LogP contribution is 2.37. The zero-order valence-corrected chi connectivity index (χ0v) is 13.6. The molecule has 0 amide bonds. The van der Waals surface area contributed by atoms with Crippen LogP contribution < -0.4 is 0 Å². The molecule has 25 heavy (non-hydrogen) atoms. The van der Waals surface area contributed by atoms with Gasteiger partial charge in [-0.25, -0.2) is 8.78 Å². The van der Waals surface area contributed by atoms with Gasteiger partial charge in [0.05, 0.1) is 5.69 Å². The Morgan fingerprint density at radius 1 is 0.640 bits per heavy atom. The maximum absolute atomic E-state index is 13.4. The minimum atomic E-state index is -0.287. The van der Waals surface area contributed by atoms with Crippen LogP contribution in [0.25, 0.3) is 33.2 Å². The second-order valence-corrected chi connectivity index (χ2v) is 5.98. The predicted molar refractivity (Wildman–Crippen MR) is 97.3 cm³/mol. The van der Waals surface area contributed by atoms with Gasteiger partial charge in [0.15, 0.2) is 0 Å². The van der Waals surface area contributed by atoms with Crippen molar-refractivity contribution in [3.63, 3.8) is 0 Å². The summed E-state index contributed by atoms with van der Waals surface area (Å²) in [5.41, 5.74) is 4.30. The van der Waals surface area contributed by atoms with Crippen LogP contribution in [0.4, 0.5) is 8.78 Å². The number of benzene rings is 3. The van der Waals surface area contributed by atoms with E-state index in [9.17, 15) is 8.78 Å². The standard InChI is InChI=1S/C22H15F2N/c1-14-19-4-2-3-5-20(19)21(15-6-10-17(23)11-7-15)22(25-14)16-8-12-18(24)13-9-16/h2-13H,1H3. The Balaban J connectivity index is 2.09. The topological polar surface area (TPSA) is 12.9 Å². The fraction of sp³-hybridized carbons (Fsp3) is 0.0455. The molecule has 0 aliphatic heterocycles. The minimum absolute atomic E-state index is 0.281. The van der Waals surface area contributed by atoms with E-state index < -0.39 is 0 Å². The highest BCUT2D eigenvalue weighted by Gasteiger charge is 2.15. The molecule has 0 N–H and O–H groups in total. The average Bonchev–Trinajstić information content (AvgIpc) is 2.63. The van der Waals surface area contributed by atoms with Crippen LogP contribution in [0, 0.1) is 18.6 Å². The lowest BCUT2D eigenvalue weighted by atomic mass is 9.93. The molecule has 0 bridgehead atoms. The van der Waals surface area contributed by atoms with Gasteiger partial charge < -0.3 is 0 Å². The van der Waals surface area contributed by atoms with Crippen molar-refractivity contribution in [1.29, 1.82) is 0 Å². The van der Waals surface area contributed by atoms with Gasteiger partial charge in [-0.2, -0.15) is 0 Å². The second-order valence-electron chi connectivity index (χ2n) is 5.98. The average molecular weight is 331 g/mol. The van der Waals surface area contributed by atoms with E-state index in [0.29, 0.717) is 0 Å². The summed E-state index contributed by atoms with van der Waals surface area (Å²) in [7, 11) is 0. The van der Waals surface area contributed by atoms with Crippen LogP contribution in [0.3, 0.4) is 0 Å². The Labute approximate surface area is 144 Å². The number of pyridine rings is 1. The zero-order chi connectivity index (χ0) is 17.4. The maximum Gasteiger partial charge on any atom is 0.123 e. The van der Waals surface area contributed by atoms with Crippen LogP contribution in [0.5, 0.6) is 0 Å². The summed E-state index contributed by atoms with van der Waals surface area (Å²) >= 11 is 0. The van der Waals surface area contributed by atoms with E-state index in [-0.39, 0.29) is 11.6 Å². The lowest BCUT2D eigenvalue weighted by Gasteiger charge is -2.15. The zero-order valence-electron chi connectivity index (χ0n) is 13.6. The molecule has 0 saturated carbocycles. The first-order valence-corrected chi connectivity index (χ1v) is 8.05. The van der Waals surface area contributed by atoms with Gasteiger partial charge in [-0.15, -0.1) is 0 Å². The molecule has 4 rings (SSSR count). The highest BCUT2D eigenvalue weighted by molar-refractivity contribution is 6.03. The molecular formula is C22H15F2N. The molecule has 0 atom stereocenters. The van der Waals surface area contributed by atoms with Crippen molar-refractivity contribution in [2.24, 2.45) is 0 Å². The first-order chi connectivity index (χ1) is 12.1. The molecule has 0 spiro atoms. The van der Waals surface area contributed by atoms with Crippen molar-refractivity contribution in [3.05, 3.63) is 90.1 Å². The number of aromatic nitrogens is 1. The van der Waals surface area contributed by atoms with Crippen LogP contribution in [0.2, 0.25) is 0 Å². The summed E-state index contributed by atoms with van der Waals surface area (Å²) in [5, 5.41) is 2.09. The summed E-state index contributed by atoms with van der Waals surface area (Å²) in [6.07, 6.45) is 0. The molecule has 0 fully saturated rings. The molecule has 3 aromatic carbocycles. The molecule has 0 aliphatic rings. The van der Waals surface area contributed by atoms with E-state index in [1.165, 1.54) is 24.3 Å². The molecule has 3 heteroatoms. The molecule has 0 radical (unpaired) electrons. The summed E-state index contributed by atoms with van der Waals surface area (Å²) in [6, 6.07) is 20.7. The van der Waals surface area contributed by atoms with Crippen molar-refractivity contribution in [2.45, 2.75) is 6.92 Å².